The highest BCUT2D eigenvalue weighted by Gasteiger charge is 2.29. The van der Waals surface area contributed by atoms with Crippen LogP contribution in [0.1, 0.15) is 38.7 Å². The first-order chi connectivity index (χ1) is 12.9. The predicted molar refractivity (Wildman–Crippen MR) is 110 cm³/mol. The molecule has 0 aliphatic carbocycles. The van der Waals surface area contributed by atoms with Crippen molar-refractivity contribution < 1.29 is 14.3 Å². The number of likely N-dealkylation sites (tertiary alicyclic amines) is 1. The van der Waals surface area contributed by atoms with Gasteiger partial charge in [-0.3, -0.25) is 9.69 Å². The number of amides is 1. The van der Waals surface area contributed by atoms with Crippen LogP contribution in [0.15, 0.2) is 29.2 Å². The van der Waals surface area contributed by atoms with Crippen molar-refractivity contribution in [1.82, 2.24) is 10.2 Å². The summed E-state index contributed by atoms with van der Waals surface area (Å²) in [6.45, 7) is 6.78. The van der Waals surface area contributed by atoms with Crippen LogP contribution in [-0.4, -0.2) is 49.3 Å². The van der Waals surface area contributed by atoms with E-state index in [0.717, 1.165) is 32.5 Å². The monoisotopic (exact) mass is 392 g/mol. The third kappa shape index (κ3) is 6.85. The van der Waals surface area contributed by atoms with Crippen LogP contribution in [-0.2, 0) is 20.9 Å². The number of nitrogens with one attached hydrogen (secondary N) is 1. The summed E-state index contributed by atoms with van der Waals surface area (Å²) < 4.78 is 4.84. The number of esters is 1. The Bertz CT molecular complexity index is 610. The van der Waals surface area contributed by atoms with E-state index in [9.17, 15) is 9.59 Å². The lowest BCUT2D eigenvalue weighted by atomic mass is 9.94. The highest BCUT2D eigenvalue weighted by atomic mass is 32.2. The van der Waals surface area contributed by atoms with Gasteiger partial charge in [0.2, 0.25) is 5.91 Å². The number of hydrogen-bond donors (Lipinski definition) is 1. The van der Waals surface area contributed by atoms with Crippen molar-refractivity contribution in [3.63, 3.8) is 0 Å². The summed E-state index contributed by atoms with van der Waals surface area (Å²) in [5, 5.41) is 2.91. The molecule has 1 amide bonds. The second kappa shape index (κ2) is 10.7. The number of benzene rings is 1. The standard InChI is InChI=1S/C21H32N2O3S/c1-15(2)13-19(21(25)26-3)22-20(24)17-9-11-23(12-10-17)14-16-5-7-18(27-4)8-6-16/h5-8,15,17,19H,9-14H2,1-4H3,(H,22,24). The zero-order valence-electron chi connectivity index (χ0n) is 16.9. The molecule has 1 aliphatic heterocycles. The lowest BCUT2D eigenvalue weighted by Crippen LogP contribution is -2.47. The zero-order valence-corrected chi connectivity index (χ0v) is 17.7. The van der Waals surface area contributed by atoms with Crippen molar-refractivity contribution in [2.24, 2.45) is 11.8 Å². The fourth-order valence-electron chi connectivity index (χ4n) is 3.46. The molecule has 27 heavy (non-hydrogen) atoms. The molecular formula is C21H32N2O3S. The van der Waals surface area contributed by atoms with E-state index in [4.69, 9.17) is 4.74 Å². The van der Waals surface area contributed by atoms with Crippen LogP contribution >= 0.6 is 11.8 Å². The van der Waals surface area contributed by atoms with E-state index in [2.05, 4.69) is 40.7 Å². The molecule has 0 bridgehead atoms. The molecule has 0 saturated carbocycles. The van der Waals surface area contributed by atoms with Crippen molar-refractivity contribution in [2.75, 3.05) is 26.5 Å². The fourth-order valence-corrected chi connectivity index (χ4v) is 3.87. The minimum Gasteiger partial charge on any atom is -0.467 e. The van der Waals surface area contributed by atoms with E-state index in [1.54, 1.807) is 11.8 Å². The number of nitrogens with zero attached hydrogens (tertiary/aromatic N) is 1. The molecule has 1 heterocycles. The number of piperidine rings is 1. The Morgan fingerprint density at radius 2 is 1.85 bits per heavy atom. The average molecular weight is 393 g/mol. The van der Waals surface area contributed by atoms with Gasteiger partial charge in [0, 0.05) is 17.4 Å². The summed E-state index contributed by atoms with van der Waals surface area (Å²) in [4.78, 5) is 28.2. The minimum atomic E-state index is -0.546. The van der Waals surface area contributed by atoms with Crippen molar-refractivity contribution in [3.8, 4) is 0 Å². The van der Waals surface area contributed by atoms with Gasteiger partial charge < -0.3 is 10.1 Å². The van der Waals surface area contributed by atoms with E-state index < -0.39 is 6.04 Å². The number of carbonyl (C=O) groups is 2. The van der Waals surface area contributed by atoms with Gasteiger partial charge in [-0.15, -0.1) is 11.8 Å². The number of hydrogen-bond acceptors (Lipinski definition) is 5. The largest absolute Gasteiger partial charge is 0.467 e. The van der Waals surface area contributed by atoms with Gasteiger partial charge in [-0.1, -0.05) is 26.0 Å². The Morgan fingerprint density at radius 3 is 2.37 bits per heavy atom. The molecule has 1 N–H and O–H groups in total. The van der Waals surface area contributed by atoms with E-state index in [-0.39, 0.29) is 17.8 Å². The molecule has 1 aliphatic rings. The summed E-state index contributed by atoms with van der Waals surface area (Å²) in [5.41, 5.74) is 1.30. The predicted octanol–water partition coefficient (Wildman–Crippen LogP) is 3.32. The molecule has 1 aromatic carbocycles. The quantitative estimate of drug-likeness (QED) is 0.543. The number of carbonyl (C=O) groups excluding carboxylic acids is 2. The van der Waals surface area contributed by atoms with Gasteiger partial charge in [0.15, 0.2) is 0 Å². The van der Waals surface area contributed by atoms with Crippen LogP contribution in [0.4, 0.5) is 0 Å². The van der Waals surface area contributed by atoms with Crippen molar-refractivity contribution in [3.05, 3.63) is 29.8 Å². The maximum absolute atomic E-state index is 12.6. The first kappa shape index (κ1) is 21.8. The van der Waals surface area contributed by atoms with Crippen LogP contribution in [0.25, 0.3) is 0 Å². The normalized spacial score (nSPS) is 16.9. The van der Waals surface area contributed by atoms with Gasteiger partial charge in [0.25, 0.3) is 0 Å². The van der Waals surface area contributed by atoms with E-state index in [0.29, 0.717) is 12.3 Å². The Hall–Kier alpha value is -1.53. The number of thioether (sulfide) groups is 1. The lowest BCUT2D eigenvalue weighted by Gasteiger charge is -2.32. The highest BCUT2D eigenvalue weighted by Crippen LogP contribution is 2.21. The minimum absolute atomic E-state index is 0.0185. The van der Waals surface area contributed by atoms with Gasteiger partial charge in [-0.2, -0.15) is 0 Å². The zero-order chi connectivity index (χ0) is 19.8. The molecule has 0 spiro atoms. The first-order valence-electron chi connectivity index (χ1n) is 9.66. The van der Waals surface area contributed by atoms with Crippen LogP contribution in [0.3, 0.4) is 0 Å². The third-order valence-corrected chi connectivity index (χ3v) is 5.78. The van der Waals surface area contributed by atoms with Crippen molar-refractivity contribution in [1.29, 1.82) is 0 Å². The molecule has 1 atom stereocenters. The molecule has 150 valence electrons. The second-order valence-electron chi connectivity index (χ2n) is 7.61. The molecule has 0 aromatic heterocycles. The summed E-state index contributed by atoms with van der Waals surface area (Å²) in [7, 11) is 1.37. The first-order valence-corrected chi connectivity index (χ1v) is 10.9. The number of methoxy groups -OCH3 is 1. The van der Waals surface area contributed by atoms with Gasteiger partial charge in [-0.25, -0.2) is 4.79 Å². The molecule has 2 rings (SSSR count). The summed E-state index contributed by atoms with van der Waals surface area (Å²) in [5.74, 6) is -0.0913. The van der Waals surface area contributed by atoms with E-state index >= 15 is 0 Å². The van der Waals surface area contributed by atoms with Crippen LogP contribution in [0.5, 0.6) is 0 Å². The number of ether oxygens (including phenoxy) is 1. The SMILES string of the molecule is COC(=O)C(CC(C)C)NC(=O)C1CCN(Cc2ccc(SC)cc2)CC1. The van der Waals surface area contributed by atoms with E-state index in [1.807, 2.05) is 13.8 Å². The second-order valence-corrected chi connectivity index (χ2v) is 8.49. The molecule has 1 saturated heterocycles. The van der Waals surface area contributed by atoms with Crippen LogP contribution in [0.2, 0.25) is 0 Å². The van der Waals surface area contributed by atoms with Crippen molar-refractivity contribution >= 4 is 23.6 Å². The fraction of sp³-hybridized carbons (Fsp3) is 0.619. The maximum Gasteiger partial charge on any atom is 0.328 e. The van der Waals surface area contributed by atoms with Gasteiger partial charge in [0.1, 0.15) is 6.04 Å². The van der Waals surface area contributed by atoms with Gasteiger partial charge in [0.05, 0.1) is 7.11 Å². The average Bonchev–Trinajstić information content (AvgIpc) is 2.67. The molecule has 1 unspecified atom stereocenters. The summed E-state index contributed by atoms with van der Waals surface area (Å²) in [6.07, 6.45) is 4.33. The lowest BCUT2D eigenvalue weighted by molar-refractivity contribution is -0.146. The Labute approximate surface area is 167 Å². The molecule has 6 heteroatoms. The van der Waals surface area contributed by atoms with Crippen LogP contribution in [0, 0.1) is 11.8 Å². The van der Waals surface area contributed by atoms with Crippen LogP contribution < -0.4 is 5.32 Å². The number of rotatable bonds is 8. The molecular weight excluding hydrogens is 360 g/mol. The Morgan fingerprint density at radius 1 is 1.22 bits per heavy atom. The molecule has 1 fully saturated rings. The Balaban J connectivity index is 1.82. The molecule has 5 nitrogen and oxygen atoms in total. The summed E-state index contributed by atoms with van der Waals surface area (Å²) >= 11 is 1.75. The third-order valence-electron chi connectivity index (χ3n) is 5.03. The summed E-state index contributed by atoms with van der Waals surface area (Å²) in [6, 6.07) is 8.12. The molecule has 0 radical (unpaired) electrons. The Kier molecular flexibility index (Phi) is 8.64. The highest BCUT2D eigenvalue weighted by molar-refractivity contribution is 7.98. The molecule has 1 aromatic rings. The smallest absolute Gasteiger partial charge is 0.328 e. The van der Waals surface area contributed by atoms with Gasteiger partial charge >= 0.3 is 5.97 Å². The van der Waals surface area contributed by atoms with Gasteiger partial charge in [-0.05, 0) is 62.2 Å². The van der Waals surface area contributed by atoms with E-state index in [1.165, 1.54) is 17.6 Å². The topological polar surface area (TPSA) is 58.6 Å². The van der Waals surface area contributed by atoms with Crippen molar-refractivity contribution in [2.45, 2.75) is 50.6 Å². The maximum atomic E-state index is 12.6.